The standard InChI is InChI=1S/C29H33N2O8P/c1-31(2,3)16-17-38-40(35,36)39-21-14-12-20(13-15-21)18-27(28(32)33)30-29(34)37-19-26-24-10-6-4-8-22(24)23-9-5-7-11-25(23)26/h4-15,26-27H,16-19H2,1-3H3,(H2-,30,32,33,34,35,36)/p+1/t27-/m0/s1. The van der Waals surface area contributed by atoms with Crippen LogP contribution in [0, 0.1) is 0 Å². The van der Waals surface area contributed by atoms with Crippen molar-refractivity contribution >= 4 is 19.9 Å². The predicted octanol–water partition coefficient (Wildman–Crippen LogP) is 4.42. The highest BCUT2D eigenvalue weighted by molar-refractivity contribution is 7.47. The minimum atomic E-state index is -4.31. The first kappa shape index (κ1) is 29.3. The summed E-state index contributed by atoms with van der Waals surface area (Å²) in [5, 5.41) is 12.1. The van der Waals surface area contributed by atoms with Crippen LogP contribution in [0.2, 0.25) is 0 Å². The lowest BCUT2D eigenvalue weighted by Gasteiger charge is -2.24. The van der Waals surface area contributed by atoms with E-state index in [0.717, 1.165) is 22.3 Å². The number of phosphoric acid groups is 1. The Kier molecular flexibility index (Phi) is 8.95. The Morgan fingerprint density at radius 1 is 0.950 bits per heavy atom. The Balaban J connectivity index is 1.32. The lowest BCUT2D eigenvalue weighted by atomic mass is 9.98. The molecule has 40 heavy (non-hydrogen) atoms. The maximum atomic E-state index is 12.6. The number of aliphatic carboxylic acids is 1. The molecule has 1 aliphatic carbocycles. The largest absolute Gasteiger partial charge is 0.527 e. The van der Waals surface area contributed by atoms with E-state index in [0.29, 0.717) is 16.6 Å². The summed E-state index contributed by atoms with van der Waals surface area (Å²) in [6.07, 6.45) is -0.863. The molecule has 11 heteroatoms. The number of hydrogen-bond donors (Lipinski definition) is 3. The van der Waals surface area contributed by atoms with Crippen LogP contribution >= 0.6 is 7.82 Å². The first-order valence-corrected chi connectivity index (χ1v) is 14.3. The number of likely N-dealkylation sites (N-methyl/N-ethyl adjacent to an activating group) is 1. The van der Waals surface area contributed by atoms with Crippen molar-refractivity contribution in [1.82, 2.24) is 5.32 Å². The van der Waals surface area contributed by atoms with Crippen molar-refractivity contribution in [3.05, 3.63) is 89.5 Å². The molecule has 3 aromatic rings. The van der Waals surface area contributed by atoms with Gasteiger partial charge in [-0.25, -0.2) is 14.2 Å². The molecular formula is C29H34N2O8P+. The van der Waals surface area contributed by atoms with Gasteiger partial charge in [0, 0.05) is 12.3 Å². The molecule has 0 saturated heterocycles. The molecule has 3 N–H and O–H groups in total. The summed E-state index contributed by atoms with van der Waals surface area (Å²) in [7, 11) is 1.47. The van der Waals surface area contributed by atoms with E-state index in [1.807, 2.05) is 69.7 Å². The van der Waals surface area contributed by atoms with Gasteiger partial charge < -0.3 is 24.2 Å². The van der Waals surface area contributed by atoms with Crippen molar-refractivity contribution in [3.8, 4) is 16.9 Å². The molecule has 0 aliphatic heterocycles. The van der Waals surface area contributed by atoms with Crippen molar-refractivity contribution in [2.75, 3.05) is 40.9 Å². The second-order valence-electron chi connectivity index (χ2n) is 10.6. The number of quaternary nitrogens is 1. The number of nitrogens with one attached hydrogen (secondary N) is 1. The summed E-state index contributed by atoms with van der Waals surface area (Å²) in [6.45, 7) is 0.619. The van der Waals surface area contributed by atoms with Crippen LogP contribution in [0.5, 0.6) is 5.75 Å². The third-order valence-corrected chi connectivity index (χ3v) is 7.48. The van der Waals surface area contributed by atoms with Crippen LogP contribution in [0.4, 0.5) is 4.79 Å². The van der Waals surface area contributed by atoms with E-state index >= 15 is 0 Å². The van der Waals surface area contributed by atoms with E-state index in [1.165, 1.54) is 12.1 Å². The van der Waals surface area contributed by atoms with Gasteiger partial charge in [0.2, 0.25) is 0 Å². The van der Waals surface area contributed by atoms with Crippen LogP contribution in [0.25, 0.3) is 11.1 Å². The number of carbonyl (C=O) groups is 2. The Labute approximate surface area is 233 Å². The molecule has 0 saturated carbocycles. The predicted molar refractivity (Wildman–Crippen MR) is 149 cm³/mol. The number of fused-ring (bicyclic) bond motifs is 3. The quantitative estimate of drug-likeness (QED) is 0.216. The Hall–Kier alpha value is -3.69. The second kappa shape index (κ2) is 12.2. The molecule has 1 aliphatic rings. The van der Waals surface area contributed by atoms with Gasteiger partial charge in [0.15, 0.2) is 0 Å². The zero-order chi connectivity index (χ0) is 28.9. The number of ether oxygens (including phenoxy) is 1. The van der Waals surface area contributed by atoms with Crippen molar-refractivity contribution in [3.63, 3.8) is 0 Å². The van der Waals surface area contributed by atoms with Gasteiger partial charge in [0.25, 0.3) is 0 Å². The molecule has 2 atom stereocenters. The number of nitrogens with zero attached hydrogens (tertiary/aromatic N) is 1. The fourth-order valence-electron chi connectivity index (χ4n) is 4.49. The van der Waals surface area contributed by atoms with Crippen molar-refractivity contribution in [1.29, 1.82) is 0 Å². The monoisotopic (exact) mass is 569 g/mol. The fourth-order valence-corrected chi connectivity index (χ4v) is 5.25. The van der Waals surface area contributed by atoms with Crippen molar-refractivity contribution in [2.24, 2.45) is 0 Å². The number of rotatable bonds is 12. The molecule has 212 valence electrons. The van der Waals surface area contributed by atoms with E-state index < -0.39 is 25.9 Å². The number of hydrogen-bond acceptors (Lipinski definition) is 6. The normalized spacial score (nSPS) is 14.9. The van der Waals surface area contributed by atoms with Crippen LogP contribution in [0.15, 0.2) is 72.8 Å². The average Bonchev–Trinajstić information content (AvgIpc) is 3.20. The molecule has 0 fully saturated rings. The van der Waals surface area contributed by atoms with Gasteiger partial charge >= 0.3 is 19.9 Å². The molecule has 0 bridgehead atoms. The topological polar surface area (TPSA) is 131 Å². The maximum Gasteiger partial charge on any atom is 0.527 e. The molecule has 1 unspecified atom stereocenters. The maximum absolute atomic E-state index is 12.6. The number of benzene rings is 3. The Morgan fingerprint density at radius 2 is 1.52 bits per heavy atom. The molecular weight excluding hydrogens is 535 g/mol. The Morgan fingerprint density at radius 3 is 2.08 bits per heavy atom. The molecule has 4 rings (SSSR count). The molecule has 3 aromatic carbocycles. The van der Waals surface area contributed by atoms with Gasteiger partial charge in [0.1, 0.15) is 31.5 Å². The third kappa shape index (κ3) is 7.70. The lowest BCUT2D eigenvalue weighted by Crippen LogP contribution is -2.42. The van der Waals surface area contributed by atoms with Crippen LogP contribution in [0.3, 0.4) is 0 Å². The highest BCUT2D eigenvalue weighted by atomic mass is 31.2. The van der Waals surface area contributed by atoms with Gasteiger partial charge in [-0.1, -0.05) is 60.7 Å². The summed E-state index contributed by atoms with van der Waals surface area (Å²) < 4.78 is 28.3. The molecule has 0 aromatic heterocycles. The summed E-state index contributed by atoms with van der Waals surface area (Å²) >= 11 is 0. The van der Waals surface area contributed by atoms with Crippen LogP contribution in [-0.4, -0.2) is 73.5 Å². The van der Waals surface area contributed by atoms with E-state index in [1.54, 1.807) is 12.1 Å². The van der Waals surface area contributed by atoms with Gasteiger partial charge in [0.05, 0.1) is 21.1 Å². The smallest absolute Gasteiger partial charge is 0.480 e. The SMILES string of the molecule is C[N+](C)(C)CCOP(=O)(O)Oc1ccc(C[C@H](NC(=O)OCC2c3ccccc3-c3ccccc32)C(=O)O)cc1. The average molecular weight is 570 g/mol. The van der Waals surface area contributed by atoms with Gasteiger partial charge in [-0.3, -0.25) is 9.42 Å². The summed E-state index contributed by atoms with van der Waals surface area (Å²) in [6, 6.07) is 20.6. The van der Waals surface area contributed by atoms with Crippen LogP contribution in [-0.2, 0) is 25.0 Å². The fraction of sp³-hybridized carbons (Fsp3) is 0.310. The lowest BCUT2D eigenvalue weighted by molar-refractivity contribution is -0.870. The van der Waals surface area contributed by atoms with Gasteiger partial charge in [-0.2, -0.15) is 0 Å². The van der Waals surface area contributed by atoms with Crippen LogP contribution in [0.1, 0.15) is 22.6 Å². The first-order valence-electron chi connectivity index (χ1n) is 12.8. The number of alkyl carbamates (subject to hydrolysis) is 1. The molecule has 0 heterocycles. The third-order valence-electron chi connectivity index (χ3n) is 6.53. The molecule has 0 radical (unpaired) electrons. The number of phosphoric ester groups is 1. The second-order valence-corrected chi connectivity index (χ2v) is 12.0. The van der Waals surface area contributed by atoms with Crippen LogP contribution < -0.4 is 9.84 Å². The number of amides is 1. The minimum absolute atomic E-state index is 0.0312. The summed E-state index contributed by atoms with van der Waals surface area (Å²) in [5.41, 5.74) is 4.87. The number of carboxylic acids is 1. The van der Waals surface area contributed by atoms with Gasteiger partial charge in [-0.05, 0) is 39.9 Å². The molecule has 0 spiro atoms. The number of carboxylic acid groups (broad SMARTS) is 1. The van der Waals surface area contributed by atoms with E-state index in [-0.39, 0.29) is 31.3 Å². The minimum Gasteiger partial charge on any atom is -0.480 e. The number of carbonyl (C=O) groups excluding carboxylic acids is 1. The highest BCUT2D eigenvalue weighted by Crippen LogP contribution is 2.45. The Bertz CT molecular complexity index is 1360. The van der Waals surface area contributed by atoms with Gasteiger partial charge in [-0.15, -0.1) is 0 Å². The van der Waals surface area contributed by atoms with Crippen molar-refractivity contribution < 1.29 is 42.4 Å². The summed E-state index contributed by atoms with van der Waals surface area (Å²) in [5.74, 6) is -1.27. The van der Waals surface area contributed by atoms with E-state index in [9.17, 15) is 24.2 Å². The van der Waals surface area contributed by atoms with Crippen molar-refractivity contribution in [2.45, 2.75) is 18.4 Å². The molecule has 10 nitrogen and oxygen atoms in total. The summed E-state index contributed by atoms with van der Waals surface area (Å²) in [4.78, 5) is 34.4. The first-order chi connectivity index (χ1) is 18.9. The van der Waals surface area contributed by atoms with E-state index in [4.69, 9.17) is 13.8 Å². The zero-order valence-corrected chi connectivity index (χ0v) is 23.5. The molecule has 1 amide bonds. The zero-order valence-electron chi connectivity index (χ0n) is 22.6. The van der Waals surface area contributed by atoms with E-state index in [2.05, 4.69) is 5.32 Å². The highest BCUT2D eigenvalue weighted by Gasteiger charge is 2.30.